The van der Waals surface area contributed by atoms with E-state index in [1.807, 2.05) is 19.1 Å². The summed E-state index contributed by atoms with van der Waals surface area (Å²) in [6, 6.07) is 14.3. The zero-order valence-corrected chi connectivity index (χ0v) is 14.2. The van der Waals surface area contributed by atoms with Crippen LogP contribution in [0.15, 0.2) is 48.5 Å². The van der Waals surface area contributed by atoms with Crippen LogP contribution in [0, 0.1) is 0 Å². The van der Waals surface area contributed by atoms with Crippen LogP contribution in [0.25, 0.3) is 0 Å². The molecule has 0 aliphatic heterocycles. The number of ether oxygens (including phenoxy) is 3. The fourth-order valence-corrected chi connectivity index (χ4v) is 2.05. The highest BCUT2D eigenvalue weighted by molar-refractivity contribution is 6.30. The number of para-hydroxylation sites is 2. The summed E-state index contributed by atoms with van der Waals surface area (Å²) < 4.78 is 16.4. The van der Waals surface area contributed by atoms with Gasteiger partial charge in [0.2, 0.25) is 0 Å². The molecule has 2 rings (SSSR count). The number of rotatable bonds is 9. The monoisotopic (exact) mass is 349 g/mol. The summed E-state index contributed by atoms with van der Waals surface area (Å²) in [6.45, 7) is 3.10. The molecular formula is C18H20ClNO4. The van der Waals surface area contributed by atoms with Crippen molar-refractivity contribution in [3.8, 4) is 17.2 Å². The van der Waals surface area contributed by atoms with Crippen LogP contribution >= 0.6 is 11.6 Å². The summed E-state index contributed by atoms with van der Waals surface area (Å²) in [7, 11) is 0. The maximum Gasteiger partial charge on any atom is 0.258 e. The number of amides is 1. The zero-order valence-electron chi connectivity index (χ0n) is 13.5. The highest BCUT2D eigenvalue weighted by atomic mass is 35.5. The smallest absolute Gasteiger partial charge is 0.258 e. The first-order valence-corrected chi connectivity index (χ1v) is 8.06. The van der Waals surface area contributed by atoms with Gasteiger partial charge in [0, 0.05) is 5.02 Å². The molecule has 0 radical (unpaired) electrons. The molecule has 128 valence electrons. The number of benzene rings is 2. The van der Waals surface area contributed by atoms with Crippen LogP contribution in [0.3, 0.4) is 0 Å². The van der Waals surface area contributed by atoms with Gasteiger partial charge in [-0.05, 0) is 43.3 Å². The molecule has 2 aromatic carbocycles. The molecule has 0 spiro atoms. The number of nitrogens with one attached hydrogen (secondary N) is 1. The van der Waals surface area contributed by atoms with Gasteiger partial charge in [0.05, 0.1) is 13.2 Å². The average Bonchev–Trinajstić information content (AvgIpc) is 2.60. The van der Waals surface area contributed by atoms with E-state index >= 15 is 0 Å². The van der Waals surface area contributed by atoms with Crippen LogP contribution in [0.2, 0.25) is 5.02 Å². The second-order valence-electron chi connectivity index (χ2n) is 4.82. The van der Waals surface area contributed by atoms with Gasteiger partial charge in [0.1, 0.15) is 12.4 Å². The van der Waals surface area contributed by atoms with Gasteiger partial charge in [-0.25, -0.2) is 0 Å². The summed E-state index contributed by atoms with van der Waals surface area (Å²) >= 11 is 5.80. The lowest BCUT2D eigenvalue weighted by Crippen LogP contribution is -2.32. The quantitative estimate of drug-likeness (QED) is 0.706. The zero-order chi connectivity index (χ0) is 17.2. The fourth-order valence-electron chi connectivity index (χ4n) is 1.93. The summed E-state index contributed by atoms with van der Waals surface area (Å²) in [6.07, 6.45) is 0. The molecule has 0 bridgehead atoms. The minimum Gasteiger partial charge on any atom is -0.492 e. The van der Waals surface area contributed by atoms with Crippen LogP contribution in [-0.4, -0.2) is 32.3 Å². The van der Waals surface area contributed by atoms with E-state index in [-0.39, 0.29) is 12.5 Å². The standard InChI is InChI=1S/C18H20ClNO4/c1-2-22-16-5-3-4-6-17(16)24-13-18(21)20-11-12-23-15-9-7-14(19)8-10-15/h3-10H,2,11-13H2,1H3,(H,20,21). The third-order valence-electron chi connectivity index (χ3n) is 3.01. The number of carbonyl (C=O) groups is 1. The summed E-state index contributed by atoms with van der Waals surface area (Å²) in [5.74, 6) is 1.65. The third kappa shape index (κ3) is 6.01. The van der Waals surface area contributed by atoms with E-state index in [0.717, 1.165) is 0 Å². The number of hydrogen-bond donors (Lipinski definition) is 1. The molecule has 0 atom stereocenters. The Morgan fingerprint density at radius 2 is 1.67 bits per heavy atom. The van der Waals surface area contributed by atoms with Gasteiger partial charge in [-0.3, -0.25) is 4.79 Å². The van der Waals surface area contributed by atoms with Gasteiger partial charge in [-0.15, -0.1) is 0 Å². The van der Waals surface area contributed by atoms with Crippen LogP contribution in [0.1, 0.15) is 6.92 Å². The van der Waals surface area contributed by atoms with E-state index in [0.29, 0.717) is 42.0 Å². The summed E-state index contributed by atoms with van der Waals surface area (Å²) in [5, 5.41) is 3.38. The molecule has 0 aromatic heterocycles. The molecule has 0 heterocycles. The Balaban J connectivity index is 1.67. The Morgan fingerprint density at radius 3 is 2.33 bits per heavy atom. The second-order valence-corrected chi connectivity index (χ2v) is 5.26. The highest BCUT2D eigenvalue weighted by Crippen LogP contribution is 2.26. The molecule has 0 aliphatic carbocycles. The van der Waals surface area contributed by atoms with E-state index in [1.165, 1.54) is 0 Å². The average molecular weight is 350 g/mol. The Bertz CT molecular complexity index is 646. The Kier molecular flexibility index (Phi) is 7.23. The second kappa shape index (κ2) is 9.67. The first-order valence-electron chi connectivity index (χ1n) is 7.68. The number of hydrogen-bond acceptors (Lipinski definition) is 4. The van der Waals surface area contributed by atoms with E-state index in [9.17, 15) is 4.79 Å². The van der Waals surface area contributed by atoms with Gasteiger partial charge < -0.3 is 19.5 Å². The maximum atomic E-state index is 11.8. The first kappa shape index (κ1) is 17.9. The van der Waals surface area contributed by atoms with Crippen molar-refractivity contribution in [3.63, 3.8) is 0 Å². The molecule has 1 amide bonds. The van der Waals surface area contributed by atoms with E-state index in [2.05, 4.69) is 5.32 Å². The molecule has 5 nitrogen and oxygen atoms in total. The summed E-state index contributed by atoms with van der Waals surface area (Å²) in [5.41, 5.74) is 0. The predicted molar refractivity (Wildman–Crippen MR) is 93.1 cm³/mol. The molecule has 0 saturated heterocycles. The lowest BCUT2D eigenvalue weighted by Gasteiger charge is -2.12. The highest BCUT2D eigenvalue weighted by Gasteiger charge is 2.07. The van der Waals surface area contributed by atoms with Gasteiger partial charge in [-0.2, -0.15) is 0 Å². The molecule has 0 unspecified atom stereocenters. The van der Waals surface area contributed by atoms with Crippen molar-refractivity contribution < 1.29 is 19.0 Å². The van der Waals surface area contributed by atoms with Gasteiger partial charge in [0.25, 0.3) is 5.91 Å². The predicted octanol–water partition coefficient (Wildman–Crippen LogP) is 3.31. The fraction of sp³-hybridized carbons (Fsp3) is 0.278. The topological polar surface area (TPSA) is 56.8 Å². The Labute approximate surface area is 146 Å². The minimum atomic E-state index is -0.221. The van der Waals surface area contributed by atoms with Gasteiger partial charge in [-0.1, -0.05) is 23.7 Å². The molecule has 2 aromatic rings. The molecule has 1 N–H and O–H groups in total. The van der Waals surface area contributed by atoms with Crippen molar-refractivity contribution in [2.24, 2.45) is 0 Å². The van der Waals surface area contributed by atoms with Crippen molar-refractivity contribution in [1.29, 1.82) is 0 Å². The number of halogens is 1. The maximum absolute atomic E-state index is 11.8. The molecule has 0 aliphatic rings. The van der Waals surface area contributed by atoms with E-state index < -0.39 is 0 Å². The van der Waals surface area contributed by atoms with Crippen LogP contribution in [0.5, 0.6) is 17.2 Å². The molecule has 6 heteroatoms. The molecule has 0 saturated carbocycles. The first-order chi connectivity index (χ1) is 11.7. The van der Waals surface area contributed by atoms with Crippen LogP contribution < -0.4 is 19.5 Å². The van der Waals surface area contributed by atoms with Crippen molar-refractivity contribution in [1.82, 2.24) is 5.32 Å². The largest absolute Gasteiger partial charge is 0.492 e. The van der Waals surface area contributed by atoms with E-state index in [1.54, 1.807) is 36.4 Å². The Morgan fingerprint density at radius 1 is 1.00 bits per heavy atom. The SMILES string of the molecule is CCOc1ccccc1OCC(=O)NCCOc1ccc(Cl)cc1. The summed E-state index contributed by atoms with van der Waals surface area (Å²) in [4.78, 5) is 11.8. The third-order valence-corrected chi connectivity index (χ3v) is 3.27. The van der Waals surface area contributed by atoms with Crippen molar-refractivity contribution >= 4 is 17.5 Å². The molecule has 0 fully saturated rings. The lowest BCUT2D eigenvalue weighted by atomic mass is 10.3. The minimum absolute atomic E-state index is 0.0783. The van der Waals surface area contributed by atoms with Gasteiger partial charge >= 0.3 is 0 Å². The van der Waals surface area contributed by atoms with Crippen molar-refractivity contribution in [2.75, 3.05) is 26.4 Å². The van der Waals surface area contributed by atoms with Crippen LogP contribution in [-0.2, 0) is 4.79 Å². The Hall–Kier alpha value is -2.40. The molecule has 24 heavy (non-hydrogen) atoms. The number of carbonyl (C=O) groups excluding carboxylic acids is 1. The van der Waals surface area contributed by atoms with Crippen LogP contribution in [0.4, 0.5) is 0 Å². The lowest BCUT2D eigenvalue weighted by molar-refractivity contribution is -0.123. The normalized spacial score (nSPS) is 10.1. The molecular weight excluding hydrogens is 330 g/mol. The van der Waals surface area contributed by atoms with Gasteiger partial charge in [0.15, 0.2) is 18.1 Å². The van der Waals surface area contributed by atoms with Crippen molar-refractivity contribution in [2.45, 2.75) is 6.92 Å². The van der Waals surface area contributed by atoms with E-state index in [4.69, 9.17) is 25.8 Å². The van der Waals surface area contributed by atoms with Crippen molar-refractivity contribution in [3.05, 3.63) is 53.6 Å².